The van der Waals surface area contributed by atoms with Gasteiger partial charge in [-0.2, -0.15) is 0 Å². The molecule has 0 aliphatic heterocycles. The second kappa shape index (κ2) is 10.4. The van der Waals surface area contributed by atoms with Crippen LogP contribution in [0.25, 0.3) is 6.08 Å². The maximum atomic E-state index is 12.2. The van der Waals surface area contributed by atoms with E-state index in [2.05, 4.69) is 4.74 Å². The summed E-state index contributed by atoms with van der Waals surface area (Å²) in [4.78, 5) is 24.8. The Morgan fingerprint density at radius 2 is 2.04 bits per heavy atom. The number of aliphatic hydroxyl groups is 1. The van der Waals surface area contributed by atoms with E-state index in [1.54, 1.807) is 6.08 Å². The summed E-state index contributed by atoms with van der Waals surface area (Å²) in [6, 6.07) is 7.41. The number of ether oxygens (including phenoxy) is 2. The minimum atomic E-state index is -0.395. The van der Waals surface area contributed by atoms with Gasteiger partial charge in [-0.25, -0.2) is 0 Å². The zero-order valence-electron chi connectivity index (χ0n) is 14.4. The van der Waals surface area contributed by atoms with Crippen molar-refractivity contribution < 1.29 is 24.2 Å². The molecule has 0 fully saturated rings. The molecule has 6 heteroatoms. The van der Waals surface area contributed by atoms with Gasteiger partial charge in [-0.15, -0.1) is 0 Å². The molecular weight excluding hydrogens is 310 g/mol. The molecule has 0 radical (unpaired) electrons. The van der Waals surface area contributed by atoms with Crippen molar-refractivity contribution in [1.82, 2.24) is 4.90 Å². The molecule has 1 rings (SSSR count). The summed E-state index contributed by atoms with van der Waals surface area (Å²) >= 11 is 0. The second-order valence-corrected chi connectivity index (χ2v) is 5.45. The topological polar surface area (TPSA) is 76.1 Å². The Hall–Kier alpha value is -2.34. The lowest BCUT2D eigenvalue weighted by molar-refractivity contribution is -0.141. The van der Waals surface area contributed by atoms with E-state index < -0.39 is 5.97 Å². The lowest BCUT2D eigenvalue weighted by Crippen LogP contribution is -2.34. The molecule has 0 heterocycles. The smallest absolute Gasteiger partial charge is 0.307 e. The van der Waals surface area contributed by atoms with Crippen LogP contribution in [0, 0.1) is 0 Å². The highest BCUT2D eigenvalue weighted by atomic mass is 16.5. The van der Waals surface area contributed by atoms with Gasteiger partial charge in [-0.05, 0) is 37.6 Å². The number of carbonyl (C=O) groups excluding carboxylic acids is 2. The van der Waals surface area contributed by atoms with Crippen molar-refractivity contribution in [2.75, 3.05) is 26.8 Å². The number of benzene rings is 1. The zero-order valence-corrected chi connectivity index (χ0v) is 14.4. The number of methoxy groups -OCH3 is 1. The average molecular weight is 335 g/mol. The summed E-state index contributed by atoms with van der Waals surface area (Å²) in [6.45, 7) is 4.09. The molecule has 0 saturated carbocycles. The highest BCUT2D eigenvalue weighted by Crippen LogP contribution is 2.16. The van der Waals surface area contributed by atoms with E-state index in [1.165, 1.54) is 18.1 Å². The van der Waals surface area contributed by atoms with Gasteiger partial charge < -0.3 is 19.5 Å². The molecule has 0 unspecified atom stereocenters. The molecule has 1 N–H and O–H groups in total. The van der Waals surface area contributed by atoms with Crippen LogP contribution in [0.2, 0.25) is 0 Å². The van der Waals surface area contributed by atoms with E-state index in [0.717, 1.165) is 11.3 Å². The number of aliphatic hydroxyl groups excluding tert-OH is 1. The molecule has 1 amide bonds. The molecule has 1 aromatic rings. The number of nitrogens with zero attached hydrogens (tertiary/aromatic N) is 1. The Bertz CT molecular complexity index is 568. The van der Waals surface area contributed by atoms with Crippen molar-refractivity contribution in [2.24, 2.45) is 0 Å². The van der Waals surface area contributed by atoms with Crippen LogP contribution in [-0.4, -0.2) is 54.8 Å². The van der Waals surface area contributed by atoms with Crippen LogP contribution in [0.1, 0.15) is 25.8 Å². The Kier molecular flexibility index (Phi) is 8.57. The molecule has 0 spiro atoms. The SMILES string of the molecule is COC(=O)CCN(CCO)C(=O)/C=C/c1cccc(OC(C)C)c1. The van der Waals surface area contributed by atoms with Gasteiger partial charge in [0.1, 0.15) is 5.75 Å². The van der Waals surface area contributed by atoms with Crippen LogP contribution in [0.15, 0.2) is 30.3 Å². The summed E-state index contributed by atoms with van der Waals surface area (Å²) in [7, 11) is 1.30. The third-order valence-corrected chi connectivity index (χ3v) is 3.14. The number of hydrogen-bond acceptors (Lipinski definition) is 5. The molecule has 0 bridgehead atoms. The Labute approximate surface area is 142 Å². The molecule has 0 atom stereocenters. The van der Waals surface area contributed by atoms with Gasteiger partial charge in [-0.3, -0.25) is 9.59 Å². The van der Waals surface area contributed by atoms with Crippen molar-refractivity contribution in [1.29, 1.82) is 0 Å². The minimum absolute atomic E-state index is 0.0734. The van der Waals surface area contributed by atoms with Gasteiger partial charge in [0.05, 0.1) is 26.2 Å². The first-order chi connectivity index (χ1) is 11.5. The van der Waals surface area contributed by atoms with Gasteiger partial charge >= 0.3 is 5.97 Å². The first-order valence-corrected chi connectivity index (χ1v) is 7.87. The van der Waals surface area contributed by atoms with E-state index in [4.69, 9.17) is 9.84 Å². The van der Waals surface area contributed by atoms with Gasteiger partial charge in [-0.1, -0.05) is 12.1 Å². The van der Waals surface area contributed by atoms with E-state index >= 15 is 0 Å². The fourth-order valence-electron chi connectivity index (χ4n) is 2.02. The van der Waals surface area contributed by atoms with E-state index in [-0.39, 0.29) is 38.1 Å². The molecule has 0 aromatic heterocycles. The molecule has 0 aliphatic carbocycles. The fourth-order valence-corrected chi connectivity index (χ4v) is 2.02. The maximum Gasteiger partial charge on any atom is 0.307 e. The standard InChI is InChI=1S/C18H25NO5/c1-14(2)24-16-6-4-5-15(13-16)7-8-17(21)19(11-12-20)10-9-18(22)23-3/h4-8,13-14,20H,9-12H2,1-3H3/b8-7+. The van der Waals surface area contributed by atoms with Crippen LogP contribution in [0.3, 0.4) is 0 Å². The molecule has 6 nitrogen and oxygen atoms in total. The number of esters is 1. The van der Waals surface area contributed by atoms with Crippen molar-refractivity contribution in [3.63, 3.8) is 0 Å². The molecular formula is C18H25NO5. The summed E-state index contributed by atoms with van der Waals surface area (Å²) in [5.74, 6) is 0.0638. The van der Waals surface area contributed by atoms with E-state index in [9.17, 15) is 9.59 Å². The Morgan fingerprint density at radius 3 is 2.67 bits per heavy atom. The molecule has 132 valence electrons. The number of rotatable bonds is 9. The lowest BCUT2D eigenvalue weighted by atomic mass is 10.2. The fraction of sp³-hybridized carbons (Fsp3) is 0.444. The Morgan fingerprint density at radius 1 is 1.29 bits per heavy atom. The van der Waals surface area contributed by atoms with Crippen LogP contribution in [0.5, 0.6) is 5.75 Å². The predicted octanol–water partition coefficient (Wildman–Crippen LogP) is 1.87. The van der Waals surface area contributed by atoms with E-state index in [1.807, 2.05) is 38.1 Å². The van der Waals surface area contributed by atoms with E-state index in [0.29, 0.717) is 0 Å². The number of carbonyl (C=O) groups is 2. The third kappa shape index (κ3) is 7.28. The summed E-state index contributed by atoms with van der Waals surface area (Å²) in [5, 5.41) is 9.06. The lowest BCUT2D eigenvalue weighted by Gasteiger charge is -2.19. The number of hydrogen-bond donors (Lipinski definition) is 1. The monoisotopic (exact) mass is 335 g/mol. The second-order valence-electron chi connectivity index (χ2n) is 5.45. The average Bonchev–Trinajstić information content (AvgIpc) is 2.55. The highest BCUT2D eigenvalue weighted by molar-refractivity contribution is 5.92. The summed E-state index contributed by atoms with van der Waals surface area (Å²) in [6.07, 6.45) is 3.26. The molecule has 1 aromatic carbocycles. The highest BCUT2D eigenvalue weighted by Gasteiger charge is 2.12. The first kappa shape index (κ1) is 19.7. The Balaban J connectivity index is 2.71. The van der Waals surface area contributed by atoms with Crippen molar-refractivity contribution >= 4 is 18.0 Å². The predicted molar refractivity (Wildman–Crippen MR) is 91.5 cm³/mol. The summed E-state index contributed by atoms with van der Waals surface area (Å²) in [5.41, 5.74) is 0.832. The summed E-state index contributed by atoms with van der Waals surface area (Å²) < 4.78 is 10.2. The maximum absolute atomic E-state index is 12.2. The van der Waals surface area contributed by atoms with Crippen LogP contribution < -0.4 is 4.74 Å². The normalized spacial score (nSPS) is 10.9. The van der Waals surface area contributed by atoms with Crippen LogP contribution >= 0.6 is 0 Å². The number of amides is 1. The van der Waals surface area contributed by atoms with Crippen molar-refractivity contribution in [2.45, 2.75) is 26.4 Å². The van der Waals surface area contributed by atoms with Crippen molar-refractivity contribution in [3.8, 4) is 5.75 Å². The van der Waals surface area contributed by atoms with Gasteiger partial charge in [0, 0.05) is 19.2 Å². The van der Waals surface area contributed by atoms with Gasteiger partial charge in [0.15, 0.2) is 0 Å². The minimum Gasteiger partial charge on any atom is -0.491 e. The zero-order chi connectivity index (χ0) is 17.9. The third-order valence-electron chi connectivity index (χ3n) is 3.14. The first-order valence-electron chi connectivity index (χ1n) is 7.87. The van der Waals surface area contributed by atoms with Crippen LogP contribution in [0.4, 0.5) is 0 Å². The van der Waals surface area contributed by atoms with Gasteiger partial charge in [0.2, 0.25) is 5.91 Å². The molecule has 0 aliphatic rings. The van der Waals surface area contributed by atoms with Gasteiger partial charge in [0.25, 0.3) is 0 Å². The van der Waals surface area contributed by atoms with Crippen LogP contribution in [-0.2, 0) is 14.3 Å². The molecule has 0 saturated heterocycles. The molecule has 24 heavy (non-hydrogen) atoms. The largest absolute Gasteiger partial charge is 0.491 e. The van der Waals surface area contributed by atoms with Crippen molar-refractivity contribution in [3.05, 3.63) is 35.9 Å². The quantitative estimate of drug-likeness (QED) is 0.551.